The molecule has 2 atom stereocenters. The summed E-state index contributed by atoms with van der Waals surface area (Å²) in [5, 5.41) is 2.30. The summed E-state index contributed by atoms with van der Waals surface area (Å²) >= 11 is 0. The Morgan fingerprint density at radius 1 is 1.20 bits per heavy atom. The van der Waals surface area contributed by atoms with Crippen molar-refractivity contribution in [3.8, 4) is 0 Å². The number of nitrogens with two attached hydrogens (primary N) is 1. The summed E-state index contributed by atoms with van der Waals surface area (Å²) in [5.41, 5.74) is 5.15. The molecule has 20 heavy (non-hydrogen) atoms. The molecule has 8 heteroatoms. The van der Waals surface area contributed by atoms with Gasteiger partial charge in [0.1, 0.15) is 6.04 Å². The van der Waals surface area contributed by atoms with Crippen molar-refractivity contribution in [3.05, 3.63) is 0 Å². The first-order valence-corrected chi connectivity index (χ1v) is 6.16. The van der Waals surface area contributed by atoms with Gasteiger partial charge in [-0.2, -0.15) is 0 Å². The number of nitrogens with one attached hydrogen (secondary N) is 1. The van der Waals surface area contributed by atoms with Crippen molar-refractivity contribution in [1.82, 2.24) is 5.32 Å². The average molecular weight is 288 g/mol. The second-order valence-corrected chi connectivity index (χ2v) is 4.19. The molecule has 0 aliphatic carbocycles. The number of ether oxygens (including phenoxy) is 2. The number of carbonyl (C=O) groups is 4. The van der Waals surface area contributed by atoms with E-state index in [2.05, 4.69) is 10.1 Å². The predicted molar refractivity (Wildman–Crippen MR) is 68.2 cm³/mol. The summed E-state index contributed by atoms with van der Waals surface area (Å²) in [6, 6.07) is -1.03. The molecule has 0 aliphatic rings. The van der Waals surface area contributed by atoms with Gasteiger partial charge < -0.3 is 20.5 Å². The van der Waals surface area contributed by atoms with Gasteiger partial charge in [0.25, 0.3) is 5.91 Å². The molecule has 0 saturated heterocycles. The summed E-state index contributed by atoms with van der Waals surface area (Å²) in [6.45, 7) is 4.10. The van der Waals surface area contributed by atoms with Crippen LogP contribution in [-0.4, -0.2) is 43.0 Å². The van der Waals surface area contributed by atoms with Crippen LogP contribution in [-0.2, 0) is 28.7 Å². The lowest BCUT2D eigenvalue weighted by molar-refractivity contribution is -0.148. The maximum absolute atomic E-state index is 11.4. The molecular weight excluding hydrogens is 268 g/mol. The maximum atomic E-state index is 11.4. The van der Waals surface area contributed by atoms with Gasteiger partial charge in [-0.05, 0) is 13.3 Å². The van der Waals surface area contributed by atoms with Crippen LogP contribution in [0, 0.1) is 5.92 Å². The van der Waals surface area contributed by atoms with E-state index in [0.717, 1.165) is 6.92 Å². The Bertz CT molecular complexity index is 382. The van der Waals surface area contributed by atoms with E-state index in [0.29, 0.717) is 0 Å². The van der Waals surface area contributed by atoms with Gasteiger partial charge >= 0.3 is 11.9 Å². The Morgan fingerprint density at radius 2 is 1.80 bits per heavy atom. The van der Waals surface area contributed by atoms with E-state index < -0.39 is 42.3 Å². The van der Waals surface area contributed by atoms with Crippen molar-refractivity contribution in [2.45, 2.75) is 33.2 Å². The largest absolute Gasteiger partial charge is 0.466 e. The van der Waals surface area contributed by atoms with Crippen molar-refractivity contribution >= 4 is 23.8 Å². The van der Waals surface area contributed by atoms with E-state index in [1.54, 1.807) is 13.8 Å². The van der Waals surface area contributed by atoms with Crippen LogP contribution < -0.4 is 11.1 Å². The number of amides is 2. The lowest BCUT2D eigenvalue weighted by Crippen LogP contribution is -2.47. The van der Waals surface area contributed by atoms with Crippen LogP contribution >= 0.6 is 0 Å². The number of primary amides is 1. The number of carbonyl (C=O) groups excluding carboxylic acids is 4. The molecule has 0 fully saturated rings. The van der Waals surface area contributed by atoms with Crippen molar-refractivity contribution in [3.63, 3.8) is 0 Å². The molecule has 0 spiro atoms. The van der Waals surface area contributed by atoms with E-state index in [1.165, 1.54) is 0 Å². The monoisotopic (exact) mass is 288 g/mol. The van der Waals surface area contributed by atoms with Crippen LogP contribution in [0.5, 0.6) is 0 Å². The number of hydrogen-bond donors (Lipinski definition) is 2. The minimum atomic E-state index is -1.03. The highest BCUT2D eigenvalue weighted by Crippen LogP contribution is 2.08. The SMILES string of the molecule is CCOC(=O)[C@@H](C)C[C@@H](NC(=O)COC(C)=O)C(N)=O. The van der Waals surface area contributed by atoms with Crippen molar-refractivity contribution in [1.29, 1.82) is 0 Å². The molecule has 0 aliphatic heterocycles. The molecule has 8 nitrogen and oxygen atoms in total. The molecule has 114 valence electrons. The van der Waals surface area contributed by atoms with Crippen LogP contribution in [0.4, 0.5) is 0 Å². The molecule has 0 saturated carbocycles. The Labute approximate surface area is 117 Å². The van der Waals surface area contributed by atoms with Gasteiger partial charge in [-0.25, -0.2) is 0 Å². The standard InChI is InChI=1S/C12H20N2O6/c1-4-19-12(18)7(2)5-9(11(13)17)14-10(16)6-20-8(3)15/h7,9H,4-6H2,1-3H3,(H2,13,17)(H,14,16)/t7-,9+/m0/s1. The second-order valence-electron chi connectivity index (χ2n) is 4.19. The Balaban J connectivity index is 4.43. The second kappa shape index (κ2) is 8.89. The normalized spacial score (nSPS) is 12.9. The Morgan fingerprint density at radius 3 is 2.25 bits per heavy atom. The molecule has 0 aromatic heterocycles. The Kier molecular flexibility index (Phi) is 7.95. The highest BCUT2D eigenvalue weighted by molar-refractivity contribution is 5.88. The van der Waals surface area contributed by atoms with Crippen LogP contribution in [0.1, 0.15) is 27.2 Å². The van der Waals surface area contributed by atoms with E-state index in [-0.39, 0.29) is 13.0 Å². The molecule has 0 heterocycles. The fraction of sp³-hybridized carbons (Fsp3) is 0.667. The van der Waals surface area contributed by atoms with Crippen molar-refractivity contribution in [2.75, 3.05) is 13.2 Å². The van der Waals surface area contributed by atoms with Gasteiger partial charge in [0.15, 0.2) is 6.61 Å². The van der Waals surface area contributed by atoms with Crippen LogP contribution in [0.15, 0.2) is 0 Å². The van der Waals surface area contributed by atoms with Gasteiger partial charge in [-0.3, -0.25) is 19.2 Å². The van der Waals surface area contributed by atoms with Crippen LogP contribution in [0.25, 0.3) is 0 Å². The van der Waals surface area contributed by atoms with Crippen molar-refractivity contribution < 1.29 is 28.7 Å². The minimum Gasteiger partial charge on any atom is -0.466 e. The summed E-state index contributed by atoms with van der Waals surface area (Å²) in [4.78, 5) is 44.7. The summed E-state index contributed by atoms with van der Waals surface area (Å²) < 4.78 is 9.28. The molecule has 0 bridgehead atoms. The fourth-order valence-corrected chi connectivity index (χ4v) is 1.38. The summed E-state index contributed by atoms with van der Waals surface area (Å²) in [6.07, 6.45) is 0.0139. The first-order valence-electron chi connectivity index (χ1n) is 6.16. The lowest BCUT2D eigenvalue weighted by Gasteiger charge is -2.18. The third-order valence-corrected chi connectivity index (χ3v) is 2.36. The van der Waals surface area contributed by atoms with Gasteiger partial charge in [-0.15, -0.1) is 0 Å². The third-order valence-electron chi connectivity index (χ3n) is 2.36. The van der Waals surface area contributed by atoms with Gasteiger partial charge in [0.2, 0.25) is 5.91 Å². The van der Waals surface area contributed by atoms with Crippen LogP contribution in [0.2, 0.25) is 0 Å². The van der Waals surface area contributed by atoms with Crippen LogP contribution in [0.3, 0.4) is 0 Å². The summed E-state index contributed by atoms with van der Waals surface area (Å²) in [7, 11) is 0. The average Bonchev–Trinajstić information content (AvgIpc) is 2.35. The third kappa shape index (κ3) is 7.34. The zero-order valence-corrected chi connectivity index (χ0v) is 11.8. The smallest absolute Gasteiger partial charge is 0.308 e. The topological polar surface area (TPSA) is 125 Å². The summed E-state index contributed by atoms with van der Waals surface area (Å²) in [5.74, 6) is -3.14. The quantitative estimate of drug-likeness (QED) is 0.558. The minimum absolute atomic E-state index is 0.0139. The van der Waals surface area contributed by atoms with E-state index in [4.69, 9.17) is 10.5 Å². The number of esters is 2. The molecule has 2 amide bonds. The first-order chi connectivity index (χ1) is 9.27. The van der Waals surface area contributed by atoms with Gasteiger partial charge in [-0.1, -0.05) is 6.92 Å². The molecule has 3 N–H and O–H groups in total. The van der Waals surface area contributed by atoms with Gasteiger partial charge in [0, 0.05) is 6.92 Å². The maximum Gasteiger partial charge on any atom is 0.308 e. The lowest BCUT2D eigenvalue weighted by atomic mass is 10.0. The van der Waals surface area contributed by atoms with Crippen molar-refractivity contribution in [2.24, 2.45) is 11.7 Å². The zero-order chi connectivity index (χ0) is 15.7. The molecule has 0 aromatic rings. The van der Waals surface area contributed by atoms with E-state index in [9.17, 15) is 19.2 Å². The van der Waals surface area contributed by atoms with E-state index in [1.807, 2.05) is 0 Å². The molecule has 0 rings (SSSR count). The zero-order valence-electron chi connectivity index (χ0n) is 11.8. The highest BCUT2D eigenvalue weighted by Gasteiger charge is 2.25. The fourth-order valence-electron chi connectivity index (χ4n) is 1.38. The molecule has 0 radical (unpaired) electrons. The first kappa shape index (κ1) is 17.9. The van der Waals surface area contributed by atoms with Gasteiger partial charge in [0.05, 0.1) is 12.5 Å². The highest BCUT2D eigenvalue weighted by atomic mass is 16.5. The number of hydrogen-bond acceptors (Lipinski definition) is 6. The number of rotatable bonds is 8. The predicted octanol–water partition coefficient (Wildman–Crippen LogP) is -0.891. The Hall–Kier alpha value is -2.12. The van der Waals surface area contributed by atoms with E-state index >= 15 is 0 Å². The molecule has 0 aromatic carbocycles. The molecular formula is C12H20N2O6. The molecule has 0 unspecified atom stereocenters.